The Labute approximate surface area is 82.7 Å². The van der Waals surface area contributed by atoms with Crippen LogP contribution in [0.15, 0.2) is 12.1 Å². The monoisotopic (exact) mass is 195 g/mol. The highest BCUT2D eigenvalue weighted by Gasteiger charge is 2.06. The maximum absolute atomic E-state index is 8.77. The molecule has 0 spiro atoms. The number of nitriles is 1. The smallest absolute Gasteiger partial charge is 0.136 e. The third-order valence-electron chi connectivity index (χ3n) is 1.92. The van der Waals surface area contributed by atoms with Crippen LogP contribution in [-0.4, -0.2) is 7.11 Å². The summed E-state index contributed by atoms with van der Waals surface area (Å²) in [5, 5.41) is 8.77. The zero-order valence-corrected chi connectivity index (χ0v) is 8.35. The highest BCUT2D eigenvalue weighted by Crippen LogP contribution is 2.23. The minimum atomic E-state index is 0.438. The molecule has 1 aromatic carbocycles. The minimum absolute atomic E-state index is 0.438. The Bertz CT molecular complexity index is 355. The number of hydrogen-bond donors (Lipinski definition) is 0. The summed E-state index contributed by atoms with van der Waals surface area (Å²) in [7, 11) is 1.55. The van der Waals surface area contributed by atoms with Gasteiger partial charge >= 0.3 is 0 Å². The Morgan fingerprint density at radius 3 is 2.69 bits per heavy atom. The van der Waals surface area contributed by atoms with Gasteiger partial charge in [-0.05, 0) is 30.2 Å². The SMILES string of the molecule is COc1cc(CCl)c(C)cc1C#N. The molecule has 1 aromatic rings. The predicted molar refractivity (Wildman–Crippen MR) is 52.0 cm³/mol. The molecule has 13 heavy (non-hydrogen) atoms. The fourth-order valence-corrected chi connectivity index (χ4v) is 1.42. The van der Waals surface area contributed by atoms with Gasteiger partial charge in [-0.15, -0.1) is 11.6 Å². The second-order valence-corrected chi connectivity index (χ2v) is 2.99. The van der Waals surface area contributed by atoms with Gasteiger partial charge in [0, 0.05) is 5.88 Å². The Hall–Kier alpha value is -1.20. The lowest BCUT2D eigenvalue weighted by Crippen LogP contribution is -1.92. The number of rotatable bonds is 2. The maximum atomic E-state index is 8.77. The summed E-state index contributed by atoms with van der Waals surface area (Å²) in [4.78, 5) is 0. The van der Waals surface area contributed by atoms with Gasteiger partial charge in [-0.3, -0.25) is 0 Å². The summed E-state index contributed by atoms with van der Waals surface area (Å²) in [6.45, 7) is 1.93. The molecule has 0 unspecified atom stereocenters. The second kappa shape index (κ2) is 4.15. The van der Waals surface area contributed by atoms with E-state index in [1.807, 2.05) is 6.92 Å². The van der Waals surface area contributed by atoms with E-state index in [9.17, 15) is 0 Å². The molecule has 0 heterocycles. The summed E-state index contributed by atoms with van der Waals surface area (Å²) in [5.74, 6) is 1.03. The summed E-state index contributed by atoms with van der Waals surface area (Å²) in [6, 6.07) is 5.67. The van der Waals surface area contributed by atoms with E-state index in [0.717, 1.165) is 11.1 Å². The van der Waals surface area contributed by atoms with Crippen LogP contribution in [0.2, 0.25) is 0 Å². The second-order valence-electron chi connectivity index (χ2n) is 2.72. The highest BCUT2D eigenvalue weighted by molar-refractivity contribution is 6.17. The van der Waals surface area contributed by atoms with E-state index in [1.165, 1.54) is 0 Å². The molecule has 0 bridgehead atoms. The van der Waals surface area contributed by atoms with Crippen molar-refractivity contribution in [1.82, 2.24) is 0 Å². The van der Waals surface area contributed by atoms with Gasteiger partial charge in [-0.2, -0.15) is 5.26 Å². The van der Waals surface area contributed by atoms with Crippen molar-refractivity contribution in [3.8, 4) is 11.8 Å². The normalized spacial score (nSPS) is 9.38. The van der Waals surface area contributed by atoms with Crippen molar-refractivity contribution in [2.75, 3.05) is 7.11 Å². The molecule has 0 amide bonds. The minimum Gasteiger partial charge on any atom is -0.495 e. The molecule has 0 N–H and O–H groups in total. The lowest BCUT2D eigenvalue weighted by molar-refractivity contribution is 0.413. The van der Waals surface area contributed by atoms with Crippen molar-refractivity contribution in [2.45, 2.75) is 12.8 Å². The van der Waals surface area contributed by atoms with Crippen LogP contribution < -0.4 is 4.74 Å². The van der Waals surface area contributed by atoms with E-state index >= 15 is 0 Å². The third kappa shape index (κ3) is 1.93. The Balaban J connectivity index is 3.28. The van der Waals surface area contributed by atoms with Gasteiger partial charge in [-0.25, -0.2) is 0 Å². The Morgan fingerprint density at radius 2 is 2.23 bits per heavy atom. The van der Waals surface area contributed by atoms with Gasteiger partial charge in [0.05, 0.1) is 12.7 Å². The number of methoxy groups -OCH3 is 1. The van der Waals surface area contributed by atoms with Crippen molar-refractivity contribution in [1.29, 1.82) is 5.26 Å². The summed E-state index contributed by atoms with van der Waals surface area (Å²) >= 11 is 5.72. The molecule has 0 aliphatic heterocycles. The maximum Gasteiger partial charge on any atom is 0.136 e. The Kier molecular flexibility index (Phi) is 3.16. The van der Waals surface area contributed by atoms with E-state index < -0.39 is 0 Å². The van der Waals surface area contributed by atoms with Crippen molar-refractivity contribution >= 4 is 11.6 Å². The zero-order chi connectivity index (χ0) is 9.84. The number of halogens is 1. The topological polar surface area (TPSA) is 33.0 Å². The van der Waals surface area contributed by atoms with Gasteiger partial charge in [0.1, 0.15) is 11.8 Å². The molecular weight excluding hydrogens is 186 g/mol. The van der Waals surface area contributed by atoms with E-state index in [1.54, 1.807) is 19.2 Å². The van der Waals surface area contributed by atoms with E-state index in [2.05, 4.69) is 6.07 Å². The zero-order valence-electron chi connectivity index (χ0n) is 7.60. The molecule has 3 heteroatoms. The molecule has 0 saturated heterocycles. The molecule has 2 nitrogen and oxygen atoms in total. The van der Waals surface area contributed by atoms with Crippen LogP contribution >= 0.6 is 11.6 Å². The molecule has 68 valence electrons. The number of hydrogen-bond acceptors (Lipinski definition) is 2. The molecule has 0 aliphatic rings. The average Bonchev–Trinajstić information content (AvgIpc) is 2.17. The van der Waals surface area contributed by atoms with Crippen molar-refractivity contribution in [3.05, 3.63) is 28.8 Å². The first-order chi connectivity index (χ1) is 6.22. The van der Waals surface area contributed by atoms with Gasteiger partial charge < -0.3 is 4.74 Å². The summed E-state index contributed by atoms with van der Waals surface area (Å²) < 4.78 is 5.05. The highest BCUT2D eigenvalue weighted by atomic mass is 35.5. The van der Waals surface area contributed by atoms with Crippen LogP contribution in [0.3, 0.4) is 0 Å². The third-order valence-corrected chi connectivity index (χ3v) is 2.21. The molecule has 0 fully saturated rings. The van der Waals surface area contributed by atoms with Crippen LogP contribution in [0.1, 0.15) is 16.7 Å². The average molecular weight is 196 g/mol. The van der Waals surface area contributed by atoms with Gasteiger partial charge in [-0.1, -0.05) is 0 Å². The standard InChI is InChI=1S/C10H10ClNO/c1-7-3-9(6-12)10(13-2)4-8(7)5-11/h3-4H,5H2,1-2H3. The first kappa shape index (κ1) is 9.88. The van der Waals surface area contributed by atoms with Crippen molar-refractivity contribution in [2.24, 2.45) is 0 Å². The first-order valence-electron chi connectivity index (χ1n) is 3.86. The number of ether oxygens (including phenoxy) is 1. The number of aryl methyl sites for hydroxylation is 1. The first-order valence-corrected chi connectivity index (χ1v) is 4.40. The van der Waals surface area contributed by atoms with E-state index in [4.69, 9.17) is 21.6 Å². The summed E-state index contributed by atoms with van der Waals surface area (Å²) in [5.41, 5.74) is 2.57. The van der Waals surface area contributed by atoms with E-state index in [0.29, 0.717) is 17.2 Å². The molecule has 1 rings (SSSR count). The molecule has 0 saturated carbocycles. The summed E-state index contributed by atoms with van der Waals surface area (Å²) in [6.07, 6.45) is 0. The van der Waals surface area contributed by atoms with Crippen LogP contribution in [-0.2, 0) is 5.88 Å². The number of nitrogens with zero attached hydrogens (tertiary/aromatic N) is 1. The largest absolute Gasteiger partial charge is 0.495 e. The fraction of sp³-hybridized carbons (Fsp3) is 0.300. The quantitative estimate of drug-likeness (QED) is 0.680. The number of alkyl halides is 1. The molecule has 0 atom stereocenters. The fourth-order valence-electron chi connectivity index (χ4n) is 1.13. The van der Waals surface area contributed by atoms with Crippen LogP contribution in [0.5, 0.6) is 5.75 Å². The molecule has 0 aromatic heterocycles. The van der Waals surface area contributed by atoms with Crippen LogP contribution in [0.4, 0.5) is 0 Å². The Morgan fingerprint density at radius 1 is 1.54 bits per heavy atom. The lowest BCUT2D eigenvalue weighted by Gasteiger charge is -2.07. The lowest BCUT2D eigenvalue weighted by atomic mass is 10.1. The van der Waals surface area contributed by atoms with Crippen molar-refractivity contribution in [3.63, 3.8) is 0 Å². The van der Waals surface area contributed by atoms with Crippen LogP contribution in [0, 0.1) is 18.3 Å². The molecular formula is C10H10ClNO. The van der Waals surface area contributed by atoms with E-state index in [-0.39, 0.29) is 0 Å². The van der Waals surface area contributed by atoms with Crippen molar-refractivity contribution < 1.29 is 4.74 Å². The molecule has 0 radical (unpaired) electrons. The molecule has 0 aliphatic carbocycles. The van der Waals surface area contributed by atoms with Gasteiger partial charge in [0.2, 0.25) is 0 Å². The van der Waals surface area contributed by atoms with Gasteiger partial charge in [0.25, 0.3) is 0 Å². The van der Waals surface area contributed by atoms with Crippen LogP contribution in [0.25, 0.3) is 0 Å². The van der Waals surface area contributed by atoms with Gasteiger partial charge in [0.15, 0.2) is 0 Å². The number of benzene rings is 1. The predicted octanol–water partition coefficient (Wildman–Crippen LogP) is 2.61.